The molecule has 3 nitrogen and oxygen atoms in total. The van der Waals surface area contributed by atoms with Gasteiger partial charge in [-0.2, -0.15) is 13.2 Å². The first-order chi connectivity index (χ1) is 15.4. The Hall–Kier alpha value is -2.34. The van der Waals surface area contributed by atoms with Gasteiger partial charge in [0.1, 0.15) is 0 Å². The number of nitrogens with zero attached hydrogens (tertiary/aromatic N) is 2. The number of carbonyl (C=O) groups is 1. The third-order valence-corrected chi connectivity index (χ3v) is 6.85. The van der Waals surface area contributed by atoms with Crippen molar-refractivity contribution < 1.29 is 18.0 Å². The van der Waals surface area contributed by atoms with E-state index >= 15 is 0 Å². The van der Waals surface area contributed by atoms with E-state index in [1.807, 2.05) is 17.0 Å². The lowest BCUT2D eigenvalue weighted by Gasteiger charge is -2.36. The third-order valence-electron chi connectivity index (χ3n) is 6.85. The Labute approximate surface area is 188 Å². The SMILES string of the molecule is O=C(CCCN1CCN(c2cccc(C(F)(F)F)c2)CC1)c1ccc(C2CCCC2)cc1. The summed E-state index contributed by atoms with van der Waals surface area (Å²) in [6.45, 7) is 3.80. The normalized spacial score (nSPS) is 18.3. The fourth-order valence-corrected chi connectivity index (χ4v) is 4.92. The summed E-state index contributed by atoms with van der Waals surface area (Å²) in [4.78, 5) is 16.8. The monoisotopic (exact) mass is 444 g/mol. The molecule has 2 aromatic carbocycles. The Kier molecular flexibility index (Phi) is 7.19. The number of halogens is 3. The number of hydrogen-bond acceptors (Lipinski definition) is 3. The smallest absolute Gasteiger partial charge is 0.369 e. The van der Waals surface area contributed by atoms with E-state index in [-0.39, 0.29) is 5.78 Å². The zero-order chi connectivity index (χ0) is 22.6. The van der Waals surface area contributed by atoms with Gasteiger partial charge in [-0.1, -0.05) is 43.2 Å². The van der Waals surface area contributed by atoms with Gasteiger partial charge in [-0.3, -0.25) is 9.69 Å². The summed E-state index contributed by atoms with van der Waals surface area (Å²) < 4.78 is 38.9. The van der Waals surface area contributed by atoms with Gasteiger partial charge in [-0.05, 0) is 55.5 Å². The van der Waals surface area contributed by atoms with Crippen LogP contribution in [0.4, 0.5) is 18.9 Å². The summed E-state index contributed by atoms with van der Waals surface area (Å²) >= 11 is 0. The second kappa shape index (κ2) is 10.1. The first-order valence-electron chi connectivity index (χ1n) is 11.7. The molecule has 0 radical (unpaired) electrons. The second-order valence-electron chi connectivity index (χ2n) is 9.01. The van der Waals surface area contributed by atoms with Gasteiger partial charge in [-0.15, -0.1) is 0 Å². The molecular weight excluding hydrogens is 413 g/mol. The average Bonchev–Trinajstić information content (AvgIpc) is 3.34. The van der Waals surface area contributed by atoms with Crippen molar-refractivity contribution in [3.8, 4) is 0 Å². The van der Waals surface area contributed by atoms with Crippen LogP contribution >= 0.6 is 0 Å². The molecule has 2 aromatic rings. The van der Waals surface area contributed by atoms with E-state index in [1.165, 1.54) is 43.4 Å². The number of Topliss-reactive ketones (excluding diaryl/α,β-unsaturated/α-hetero) is 1. The minimum Gasteiger partial charge on any atom is -0.369 e. The highest BCUT2D eigenvalue weighted by Crippen LogP contribution is 2.34. The Balaban J connectivity index is 1.20. The van der Waals surface area contributed by atoms with Crippen LogP contribution in [-0.2, 0) is 6.18 Å². The maximum Gasteiger partial charge on any atom is 0.416 e. The summed E-state index contributed by atoms with van der Waals surface area (Å²) in [5.74, 6) is 0.847. The number of hydrogen-bond donors (Lipinski definition) is 0. The highest BCUT2D eigenvalue weighted by molar-refractivity contribution is 5.96. The number of rotatable bonds is 7. The highest BCUT2D eigenvalue weighted by atomic mass is 19.4. The first-order valence-corrected chi connectivity index (χ1v) is 11.7. The molecule has 0 unspecified atom stereocenters. The molecule has 0 amide bonds. The van der Waals surface area contributed by atoms with Gasteiger partial charge >= 0.3 is 6.18 Å². The third kappa shape index (κ3) is 5.71. The van der Waals surface area contributed by atoms with Crippen molar-refractivity contribution in [2.24, 2.45) is 0 Å². The summed E-state index contributed by atoms with van der Waals surface area (Å²) in [5.41, 5.74) is 2.17. The van der Waals surface area contributed by atoms with Gasteiger partial charge in [0.2, 0.25) is 0 Å². The van der Waals surface area contributed by atoms with Crippen LogP contribution in [-0.4, -0.2) is 43.4 Å². The van der Waals surface area contributed by atoms with Crippen LogP contribution in [0.15, 0.2) is 48.5 Å². The lowest BCUT2D eigenvalue weighted by molar-refractivity contribution is -0.137. The maximum atomic E-state index is 13.0. The molecule has 0 aromatic heterocycles. The first kappa shape index (κ1) is 22.8. The highest BCUT2D eigenvalue weighted by Gasteiger charge is 2.31. The molecule has 0 atom stereocenters. The van der Waals surface area contributed by atoms with Gasteiger partial charge in [0.25, 0.3) is 0 Å². The van der Waals surface area contributed by atoms with E-state index in [9.17, 15) is 18.0 Å². The molecule has 1 saturated heterocycles. The van der Waals surface area contributed by atoms with Crippen LogP contribution in [0.2, 0.25) is 0 Å². The molecule has 1 aliphatic carbocycles. The average molecular weight is 445 g/mol. The van der Waals surface area contributed by atoms with Gasteiger partial charge in [0.15, 0.2) is 5.78 Å². The van der Waals surface area contributed by atoms with E-state index in [0.29, 0.717) is 31.1 Å². The van der Waals surface area contributed by atoms with Gasteiger partial charge in [-0.25, -0.2) is 0 Å². The van der Waals surface area contributed by atoms with Crippen LogP contribution in [0, 0.1) is 0 Å². The quantitative estimate of drug-likeness (QED) is 0.479. The van der Waals surface area contributed by atoms with Crippen molar-refractivity contribution in [2.45, 2.75) is 50.6 Å². The second-order valence-corrected chi connectivity index (χ2v) is 9.01. The van der Waals surface area contributed by atoms with Crippen LogP contribution in [0.25, 0.3) is 0 Å². The number of alkyl halides is 3. The Morgan fingerprint density at radius 1 is 0.938 bits per heavy atom. The number of piperazine rings is 1. The lowest BCUT2D eigenvalue weighted by atomic mass is 9.95. The predicted octanol–water partition coefficient (Wildman–Crippen LogP) is 6.15. The molecular formula is C26H31F3N2O. The molecule has 1 aliphatic heterocycles. The minimum atomic E-state index is -4.32. The van der Waals surface area contributed by atoms with E-state index < -0.39 is 11.7 Å². The van der Waals surface area contributed by atoms with Crippen LogP contribution < -0.4 is 4.90 Å². The molecule has 6 heteroatoms. The molecule has 1 heterocycles. The van der Waals surface area contributed by atoms with Crippen molar-refractivity contribution in [2.75, 3.05) is 37.6 Å². The molecule has 1 saturated carbocycles. The fourth-order valence-electron chi connectivity index (χ4n) is 4.92. The molecule has 0 spiro atoms. The zero-order valence-corrected chi connectivity index (χ0v) is 18.4. The number of ketones is 1. The summed E-state index contributed by atoms with van der Waals surface area (Å²) in [7, 11) is 0. The van der Waals surface area contributed by atoms with Crippen molar-refractivity contribution >= 4 is 11.5 Å². The zero-order valence-electron chi connectivity index (χ0n) is 18.4. The van der Waals surface area contributed by atoms with Crippen molar-refractivity contribution in [1.29, 1.82) is 0 Å². The van der Waals surface area contributed by atoms with Crippen LogP contribution in [0.5, 0.6) is 0 Å². The molecule has 172 valence electrons. The molecule has 32 heavy (non-hydrogen) atoms. The van der Waals surface area contributed by atoms with E-state index in [2.05, 4.69) is 17.0 Å². The summed E-state index contributed by atoms with van der Waals surface area (Å²) in [6, 6.07) is 13.7. The molecule has 0 N–H and O–H groups in total. The topological polar surface area (TPSA) is 23.6 Å². The van der Waals surface area contributed by atoms with Crippen LogP contribution in [0.1, 0.15) is 65.9 Å². The fraction of sp³-hybridized carbons (Fsp3) is 0.500. The van der Waals surface area contributed by atoms with E-state index in [4.69, 9.17) is 0 Å². The van der Waals surface area contributed by atoms with Gasteiger partial charge in [0, 0.05) is 43.9 Å². The maximum absolute atomic E-state index is 13.0. The lowest BCUT2D eigenvalue weighted by Crippen LogP contribution is -2.46. The van der Waals surface area contributed by atoms with Crippen LogP contribution in [0.3, 0.4) is 0 Å². The predicted molar refractivity (Wildman–Crippen MR) is 121 cm³/mol. The molecule has 2 aliphatic rings. The largest absolute Gasteiger partial charge is 0.416 e. The van der Waals surface area contributed by atoms with Gasteiger partial charge in [0.05, 0.1) is 5.56 Å². The Morgan fingerprint density at radius 3 is 2.28 bits per heavy atom. The molecule has 2 fully saturated rings. The molecule has 0 bridgehead atoms. The summed E-state index contributed by atoms with van der Waals surface area (Å²) in [6.07, 6.45) is 2.13. The van der Waals surface area contributed by atoms with E-state index in [1.54, 1.807) is 6.07 Å². The summed E-state index contributed by atoms with van der Waals surface area (Å²) in [5, 5.41) is 0. The van der Waals surface area contributed by atoms with E-state index in [0.717, 1.165) is 37.7 Å². The minimum absolute atomic E-state index is 0.186. The standard InChI is InChI=1S/C26H31F3N2O/c27-26(28,29)23-7-3-8-24(19-23)31-17-15-30(16-18-31)14-4-9-25(32)22-12-10-21(11-13-22)20-5-1-2-6-20/h3,7-8,10-13,19-20H,1-2,4-6,9,14-18H2. The van der Waals surface area contributed by atoms with Crippen molar-refractivity contribution in [3.05, 3.63) is 65.2 Å². The molecule has 4 rings (SSSR count). The van der Waals surface area contributed by atoms with Gasteiger partial charge < -0.3 is 4.90 Å². The van der Waals surface area contributed by atoms with Crippen molar-refractivity contribution in [3.63, 3.8) is 0 Å². The Bertz CT molecular complexity index is 896. The van der Waals surface area contributed by atoms with Crippen molar-refractivity contribution in [1.82, 2.24) is 4.90 Å². The number of benzene rings is 2. The number of carbonyl (C=O) groups excluding carboxylic acids is 1. The number of anilines is 1. The Morgan fingerprint density at radius 2 is 1.62 bits per heavy atom.